The molecule has 1 atom stereocenters. The standard InChI is InChI=1S/C22H26N2O2/c1-16(18-8-4-3-5-9-18)24(21-10-6-7-11-21)22(26)19-12-14-20(15-13-19)23-17(2)25/h3-5,8-9,12-16,21H,6-7,10-11H2,1-2H3,(H,23,25). The molecule has 0 saturated heterocycles. The first kappa shape index (κ1) is 18.2. The summed E-state index contributed by atoms with van der Waals surface area (Å²) >= 11 is 0. The van der Waals surface area contributed by atoms with E-state index >= 15 is 0 Å². The third-order valence-electron chi connectivity index (χ3n) is 5.10. The van der Waals surface area contributed by atoms with Crippen molar-refractivity contribution in [3.05, 3.63) is 65.7 Å². The van der Waals surface area contributed by atoms with Crippen molar-refractivity contribution in [2.24, 2.45) is 0 Å². The van der Waals surface area contributed by atoms with Gasteiger partial charge in [-0.05, 0) is 49.6 Å². The average Bonchev–Trinajstić information content (AvgIpc) is 3.17. The van der Waals surface area contributed by atoms with Gasteiger partial charge in [-0.2, -0.15) is 0 Å². The summed E-state index contributed by atoms with van der Waals surface area (Å²) in [5, 5.41) is 2.74. The number of hydrogen-bond donors (Lipinski definition) is 1. The molecule has 2 aromatic rings. The van der Waals surface area contributed by atoms with Crippen LogP contribution in [0.2, 0.25) is 0 Å². The van der Waals surface area contributed by atoms with Crippen LogP contribution in [0.5, 0.6) is 0 Å². The van der Waals surface area contributed by atoms with Gasteiger partial charge in [-0.15, -0.1) is 0 Å². The number of nitrogens with zero attached hydrogens (tertiary/aromatic N) is 1. The fourth-order valence-corrected chi connectivity index (χ4v) is 3.78. The van der Waals surface area contributed by atoms with Crippen LogP contribution in [0, 0.1) is 0 Å². The number of anilines is 1. The molecule has 0 heterocycles. The fraction of sp³-hybridized carbons (Fsp3) is 0.364. The van der Waals surface area contributed by atoms with Crippen molar-refractivity contribution in [1.29, 1.82) is 0 Å². The first-order chi connectivity index (χ1) is 12.6. The third kappa shape index (κ3) is 4.13. The van der Waals surface area contributed by atoms with Gasteiger partial charge in [-0.25, -0.2) is 0 Å². The van der Waals surface area contributed by atoms with Crippen molar-refractivity contribution in [2.45, 2.75) is 51.6 Å². The molecule has 1 saturated carbocycles. The predicted molar refractivity (Wildman–Crippen MR) is 104 cm³/mol. The Morgan fingerprint density at radius 1 is 1.00 bits per heavy atom. The van der Waals surface area contributed by atoms with E-state index in [9.17, 15) is 9.59 Å². The van der Waals surface area contributed by atoms with E-state index in [-0.39, 0.29) is 23.9 Å². The normalized spacial score (nSPS) is 15.5. The SMILES string of the molecule is CC(=O)Nc1ccc(C(=O)N(C2CCCC2)C(C)c2ccccc2)cc1. The summed E-state index contributed by atoms with van der Waals surface area (Å²) in [4.78, 5) is 26.5. The lowest BCUT2D eigenvalue weighted by molar-refractivity contribution is -0.114. The Labute approximate surface area is 155 Å². The monoisotopic (exact) mass is 350 g/mol. The molecule has 2 aromatic carbocycles. The van der Waals surface area contributed by atoms with E-state index in [1.807, 2.05) is 18.2 Å². The quantitative estimate of drug-likeness (QED) is 0.843. The molecule has 0 aromatic heterocycles. The van der Waals surface area contributed by atoms with Crippen molar-refractivity contribution in [3.63, 3.8) is 0 Å². The Balaban J connectivity index is 1.86. The second kappa shape index (κ2) is 8.17. The van der Waals surface area contributed by atoms with E-state index in [0.29, 0.717) is 11.3 Å². The lowest BCUT2D eigenvalue weighted by Gasteiger charge is -2.35. The van der Waals surface area contributed by atoms with Gasteiger partial charge in [0.2, 0.25) is 5.91 Å². The molecule has 1 N–H and O–H groups in total. The highest BCUT2D eigenvalue weighted by atomic mass is 16.2. The van der Waals surface area contributed by atoms with Gasteiger partial charge in [-0.1, -0.05) is 43.2 Å². The zero-order valence-corrected chi connectivity index (χ0v) is 15.4. The molecule has 4 nitrogen and oxygen atoms in total. The lowest BCUT2D eigenvalue weighted by Crippen LogP contribution is -2.40. The van der Waals surface area contributed by atoms with E-state index in [1.54, 1.807) is 24.3 Å². The summed E-state index contributed by atoms with van der Waals surface area (Å²) in [5.41, 5.74) is 2.52. The summed E-state index contributed by atoms with van der Waals surface area (Å²) in [6.45, 7) is 3.58. The zero-order chi connectivity index (χ0) is 18.5. The number of carbonyl (C=O) groups is 2. The predicted octanol–water partition coefficient (Wildman–Crippen LogP) is 4.79. The van der Waals surface area contributed by atoms with Gasteiger partial charge in [0.05, 0.1) is 6.04 Å². The maximum Gasteiger partial charge on any atom is 0.254 e. The van der Waals surface area contributed by atoms with Crippen LogP contribution < -0.4 is 5.32 Å². The van der Waals surface area contributed by atoms with Crippen LogP contribution >= 0.6 is 0 Å². The molecule has 0 bridgehead atoms. The minimum absolute atomic E-state index is 0.0295. The van der Waals surface area contributed by atoms with Gasteiger partial charge in [0.1, 0.15) is 0 Å². The van der Waals surface area contributed by atoms with Crippen LogP contribution in [-0.4, -0.2) is 22.8 Å². The maximum absolute atomic E-state index is 13.3. The molecule has 2 amide bonds. The van der Waals surface area contributed by atoms with Gasteiger partial charge in [0, 0.05) is 24.2 Å². The highest BCUT2D eigenvalue weighted by Crippen LogP contribution is 2.32. The van der Waals surface area contributed by atoms with Crippen LogP contribution in [-0.2, 0) is 4.79 Å². The molecule has 1 aliphatic carbocycles. The minimum Gasteiger partial charge on any atom is -0.329 e. The van der Waals surface area contributed by atoms with Crippen LogP contribution in [0.15, 0.2) is 54.6 Å². The van der Waals surface area contributed by atoms with Gasteiger partial charge in [-0.3, -0.25) is 9.59 Å². The second-order valence-electron chi connectivity index (χ2n) is 7.00. The van der Waals surface area contributed by atoms with E-state index < -0.39 is 0 Å². The Kier molecular flexibility index (Phi) is 5.71. The number of carbonyl (C=O) groups excluding carboxylic acids is 2. The van der Waals surface area contributed by atoms with E-state index in [4.69, 9.17) is 0 Å². The molecule has 1 unspecified atom stereocenters. The Hall–Kier alpha value is -2.62. The summed E-state index contributed by atoms with van der Waals surface area (Å²) < 4.78 is 0. The van der Waals surface area contributed by atoms with Crippen molar-refractivity contribution >= 4 is 17.5 Å². The number of hydrogen-bond acceptors (Lipinski definition) is 2. The van der Waals surface area contributed by atoms with E-state index in [1.165, 1.54) is 19.8 Å². The van der Waals surface area contributed by atoms with Crippen LogP contribution in [0.4, 0.5) is 5.69 Å². The van der Waals surface area contributed by atoms with Gasteiger partial charge in [0.15, 0.2) is 0 Å². The largest absolute Gasteiger partial charge is 0.329 e. The highest BCUT2D eigenvalue weighted by Gasteiger charge is 2.31. The Morgan fingerprint density at radius 3 is 2.19 bits per heavy atom. The number of rotatable bonds is 5. The van der Waals surface area contributed by atoms with Crippen molar-refractivity contribution in [2.75, 3.05) is 5.32 Å². The molecular weight excluding hydrogens is 324 g/mol. The highest BCUT2D eigenvalue weighted by molar-refractivity contribution is 5.96. The number of amides is 2. The van der Waals surface area contributed by atoms with Crippen molar-refractivity contribution < 1.29 is 9.59 Å². The van der Waals surface area contributed by atoms with Gasteiger partial charge in [0.25, 0.3) is 5.91 Å². The molecule has 3 rings (SSSR count). The molecule has 0 aliphatic heterocycles. The molecule has 0 spiro atoms. The fourth-order valence-electron chi connectivity index (χ4n) is 3.78. The second-order valence-corrected chi connectivity index (χ2v) is 7.00. The van der Waals surface area contributed by atoms with Gasteiger partial charge >= 0.3 is 0 Å². The number of nitrogens with one attached hydrogen (secondary N) is 1. The molecule has 4 heteroatoms. The molecule has 0 radical (unpaired) electrons. The van der Waals surface area contributed by atoms with E-state index in [2.05, 4.69) is 29.3 Å². The summed E-state index contributed by atoms with van der Waals surface area (Å²) in [7, 11) is 0. The molecule has 136 valence electrons. The zero-order valence-electron chi connectivity index (χ0n) is 15.4. The van der Waals surface area contributed by atoms with Crippen LogP contribution in [0.1, 0.15) is 61.5 Å². The molecule has 1 aliphatic rings. The first-order valence-electron chi connectivity index (χ1n) is 9.31. The molecule has 26 heavy (non-hydrogen) atoms. The van der Waals surface area contributed by atoms with Crippen LogP contribution in [0.3, 0.4) is 0 Å². The molecular formula is C22H26N2O2. The average molecular weight is 350 g/mol. The minimum atomic E-state index is -0.116. The summed E-state index contributed by atoms with van der Waals surface area (Å²) in [5.74, 6) is -0.0583. The Morgan fingerprint density at radius 2 is 1.62 bits per heavy atom. The Bertz CT molecular complexity index is 749. The third-order valence-corrected chi connectivity index (χ3v) is 5.10. The topological polar surface area (TPSA) is 49.4 Å². The smallest absolute Gasteiger partial charge is 0.254 e. The number of benzene rings is 2. The lowest BCUT2D eigenvalue weighted by atomic mass is 10.0. The van der Waals surface area contributed by atoms with Crippen molar-refractivity contribution in [3.8, 4) is 0 Å². The summed E-state index contributed by atoms with van der Waals surface area (Å²) in [6.07, 6.45) is 4.48. The van der Waals surface area contributed by atoms with Gasteiger partial charge < -0.3 is 10.2 Å². The van der Waals surface area contributed by atoms with Crippen LogP contribution in [0.25, 0.3) is 0 Å². The molecule has 1 fully saturated rings. The van der Waals surface area contributed by atoms with Crippen molar-refractivity contribution in [1.82, 2.24) is 4.90 Å². The maximum atomic E-state index is 13.3. The first-order valence-corrected chi connectivity index (χ1v) is 9.31. The summed E-state index contributed by atoms with van der Waals surface area (Å²) in [6, 6.07) is 17.7. The van der Waals surface area contributed by atoms with E-state index in [0.717, 1.165) is 18.4 Å².